The third-order valence-electron chi connectivity index (χ3n) is 5.59. The van der Waals surface area contributed by atoms with Crippen molar-refractivity contribution in [2.45, 2.75) is 13.3 Å². The molecular formula is C23H22N4O3. The smallest absolute Gasteiger partial charge is 0.259 e. The molecule has 1 saturated heterocycles. The summed E-state index contributed by atoms with van der Waals surface area (Å²) < 4.78 is 10.8. The van der Waals surface area contributed by atoms with E-state index in [0.717, 1.165) is 19.5 Å². The minimum absolute atomic E-state index is 0.153. The summed E-state index contributed by atoms with van der Waals surface area (Å²) in [6.07, 6.45) is 2.62. The Morgan fingerprint density at radius 1 is 1.23 bits per heavy atom. The van der Waals surface area contributed by atoms with E-state index in [1.54, 1.807) is 24.5 Å². The number of anilines is 1. The number of nitrogens with zero attached hydrogens (tertiary/aromatic N) is 3. The predicted molar refractivity (Wildman–Crippen MR) is 113 cm³/mol. The highest BCUT2D eigenvalue weighted by atomic mass is 16.5. The number of amides is 1. The molecule has 0 bridgehead atoms. The summed E-state index contributed by atoms with van der Waals surface area (Å²) >= 11 is 0. The van der Waals surface area contributed by atoms with Crippen LogP contribution >= 0.6 is 0 Å². The Morgan fingerprint density at radius 3 is 2.90 bits per heavy atom. The molecule has 152 valence electrons. The molecule has 0 spiro atoms. The zero-order chi connectivity index (χ0) is 20.5. The fourth-order valence-corrected chi connectivity index (χ4v) is 4.03. The average Bonchev–Trinajstić information content (AvgIpc) is 3.54. The SMILES string of the molecule is Cc1noc2nc(-c3ccco3)cc(C(=O)NCC3CCN(c4ccccc4)C3)c12. The first-order valence-corrected chi connectivity index (χ1v) is 10.1. The maximum absolute atomic E-state index is 13.1. The van der Waals surface area contributed by atoms with Gasteiger partial charge in [0.15, 0.2) is 5.76 Å². The molecule has 4 heterocycles. The zero-order valence-electron chi connectivity index (χ0n) is 16.7. The van der Waals surface area contributed by atoms with Crippen LogP contribution in [0.1, 0.15) is 22.5 Å². The van der Waals surface area contributed by atoms with Crippen molar-refractivity contribution in [3.63, 3.8) is 0 Å². The number of benzene rings is 1. The highest BCUT2D eigenvalue weighted by molar-refractivity contribution is 6.06. The van der Waals surface area contributed by atoms with Crippen molar-refractivity contribution in [1.29, 1.82) is 0 Å². The van der Waals surface area contributed by atoms with Crippen LogP contribution in [0.2, 0.25) is 0 Å². The first kappa shape index (κ1) is 18.4. The number of rotatable bonds is 5. The van der Waals surface area contributed by atoms with Crippen LogP contribution in [-0.2, 0) is 0 Å². The molecule has 3 aromatic heterocycles. The number of fused-ring (bicyclic) bond motifs is 1. The maximum atomic E-state index is 13.1. The van der Waals surface area contributed by atoms with E-state index in [-0.39, 0.29) is 5.91 Å². The summed E-state index contributed by atoms with van der Waals surface area (Å²) in [4.78, 5) is 19.9. The van der Waals surface area contributed by atoms with E-state index < -0.39 is 0 Å². The van der Waals surface area contributed by atoms with Gasteiger partial charge in [0.2, 0.25) is 0 Å². The third-order valence-corrected chi connectivity index (χ3v) is 5.59. The Kier molecular flexibility index (Phi) is 4.71. The lowest BCUT2D eigenvalue weighted by Gasteiger charge is -2.18. The first-order valence-electron chi connectivity index (χ1n) is 10.1. The number of carbonyl (C=O) groups excluding carboxylic acids is 1. The third kappa shape index (κ3) is 3.43. The molecule has 0 radical (unpaired) electrons. The van der Waals surface area contributed by atoms with E-state index in [4.69, 9.17) is 8.94 Å². The van der Waals surface area contributed by atoms with Crippen molar-refractivity contribution in [3.8, 4) is 11.5 Å². The Balaban J connectivity index is 1.33. The molecule has 0 aliphatic carbocycles. The highest BCUT2D eigenvalue weighted by Gasteiger charge is 2.25. The van der Waals surface area contributed by atoms with Gasteiger partial charge in [0.1, 0.15) is 5.69 Å². The number of furan rings is 1. The number of hydrogen-bond donors (Lipinski definition) is 1. The zero-order valence-corrected chi connectivity index (χ0v) is 16.7. The van der Waals surface area contributed by atoms with Crippen LogP contribution < -0.4 is 10.2 Å². The van der Waals surface area contributed by atoms with Crippen LogP contribution in [0, 0.1) is 12.8 Å². The van der Waals surface area contributed by atoms with Crippen molar-refractivity contribution in [2.24, 2.45) is 5.92 Å². The van der Waals surface area contributed by atoms with Crippen LogP contribution in [0.25, 0.3) is 22.6 Å². The number of nitrogens with one attached hydrogen (secondary N) is 1. The second kappa shape index (κ2) is 7.67. The molecule has 0 saturated carbocycles. The number of aryl methyl sites for hydroxylation is 1. The van der Waals surface area contributed by atoms with Crippen LogP contribution in [0.15, 0.2) is 63.7 Å². The molecule has 1 N–H and O–H groups in total. The topological polar surface area (TPSA) is 84.4 Å². The monoisotopic (exact) mass is 402 g/mol. The maximum Gasteiger partial charge on any atom is 0.259 e. The van der Waals surface area contributed by atoms with E-state index >= 15 is 0 Å². The molecule has 7 heteroatoms. The Hall–Kier alpha value is -3.61. The van der Waals surface area contributed by atoms with E-state index in [1.807, 2.05) is 13.0 Å². The number of para-hydroxylation sites is 1. The molecule has 4 aromatic rings. The molecule has 5 rings (SSSR count). The summed E-state index contributed by atoms with van der Waals surface area (Å²) in [5, 5.41) is 7.73. The van der Waals surface area contributed by atoms with Gasteiger partial charge in [-0.1, -0.05) is 23.4 Å². The van der Waals surface area contributed by atoms with E-state index in [9.17, 15) is 4.79 Å². The van der Waals surface area contributed by atoms with Crippen molar-refractivity contribution >= 4 is 22.7 Å². The molecule has 1 amide bonds. The van der Waals surface area contributed by atoms with Gasteiger partial charge < -0.3 is 19.2 Å². The van der Waals surface area contributed by atoms with Crippen molar-refractivity contribution < 1.29 is 13.7 Å². The van der Waals surface area contributed by atoms with Gasteiger partial charge in [-0.05, 0) is 49.6 Å². The van der Waals surface area contributed by atoms with Gasteiger partial charge in [-0.15, -0.1) is 0 Å². The fraction of sp³-hybridized carbons (Fsp3) is 0.261. The van der Waals surface area contributed by atoms with Crippen LogP contribution in [0.3, 0.4) is 0 Å². The van der Waals surface area contributed by atoms with Crippen molar-refractivity contribution in [3.05, 3.63) is 66.1 Å². The Bertz CT molecular complexity index is 1170. The molecule has 1 aliphatic heterocycles. The number of hydrogen-bond acceptors (Lipinski definition) is 6. The molecular weight excluding hydrogens is 380 g/mol. The number of pyridine rings is 1. The lowest BCUT2D eigenvalue weighted by molar-refractivity contribution is 0.0950. The summed E-state index contributed by atoms with van der Waals surface area (Å²) in [5.41, 5.74) is 3.26. The van der Waals surface area contributed by atoms with Gasteiger partial charge in [-0.3, -0.25) is 4.79 Å². The van der Waals surface area contributed by atoms with E-state index in [0.29, 0.717) is 46.3 Å². The summed E-state index contributed by atoms with van der Waals surface area (Å²) in [6, 6.07) is 15.7. The Labute approximate surface area is 173 Å². The lowest BCUT2D eigenvalue weighted by Crippen LogP contribution is -2.31. The van der Waals surface area contributed by atoms with Gasteiger partial charge in [-0.2, -0.15) is 0 Å². The molecule has 1 aromatic carbocycles. The summed E-state index contributed by atoms with van der Waals surface area (Å²) in [6.45, 7) is 4.36. The normalized spacial score (nSPS) is 16.3. The van der Waals surface area contributed by atoms with Crippen molar-refractivity contribution in [2.75, 3.05) is 24.5 Å². The quantitative estimate of drug-likeness (QED) is 0.542. The van der Waals surface area contributed by atoms with Crippen molar-refractivity contribution in [1.82, 2.24) is 15.5 Å². The van der Waals surface area contributed by atoms with E-state index in [1.165, 1.54) is 5.69 Å². The molecule has 1 atom stereocenters. The summed E-state index contributed by atoms with van der Waals surface area (Å²) in [5.74, 6) is 0.827. The fourth-order valence-electron chi connectivity index (χ4n) is 4.03. The summed E-state index contributed by atoms with van der Waals surface area (Å²) in [7, 11) is 0. The van der Waals surface area contributed by atoms with E-state index in [2.05, 4.69) is 44.6 Å². The van der Waals surface area contributed by atoms with Gasteiger partial charge in [-0.25, -0.2) is 4.98 Å². The molecule has 30 heavy (non-hydrogen) atoms. The van der Waals surface area contributed by atoms with Crippen LogP contribution in [0.5, 0.6) is 0 Å². The predicted octanol–water partition coefficient (Wildman–Crippen LogP) is 4.05. The first-order chi connectivity index (χ1) is 14.7. The highest BCUT2D eigenvalue weighted by Crippen LogP contribution is 2.28. The number of aromatic nitrogens is 2. The average molecular weight is 402 g/mol. The van der Waals surface area contributed by atoms with Gasteiger partial charge >= 0.3 is 0 Å². The lowest BCUT2D eigenvalue weighted by atomic mass is 10.1. The van der Waals surface area contributed by atoms with Crippen LogP contribution in [0.4, 0.5) is 5.69 Å². The molecule has 7 nitrogen and oxygen atoms in total. The number of carbonyl (C=O) groups is 1. The largest absolute Gasteiger partial charge is 0.463 e. The standard InChI is InChI=1S/C23H22N4O3/c1-15-21-18(12-19(20-8-5-11-29-20)25-23(21)30-26-15)22(28)24-13-16-9-10-27(14-16)17-6-3-2-4-7-17/h2-8,11-12,16H,9-10,13-14H2,1H3,(H,24,28). The Morgan fingerprint density at radius 2 is 2.10 bits per heavy atom. The van der Waals surface area contributed by atoms with Crippen LogP contribution in [-0.4, -0.2) is 35.7 Å². The molecule has 1 unspecified atom stereocenters. The second-order valence-electron chi connectivity index (χ2n) is 7.63. The second-order valence-corrected chi connectivity index (χ2v) is 7.63. The van der Waals surface area contributed by atoms with Gasteiger partial charge in [0.25, 0.3) is 11.6 Å². The molecule has 1 aliphatic rings. The minimum atomic E-state index is -0.153. The molecule has 1 fully saturated rings. The van der Waals surface area contributed by atoms with Gasteiger partial charge in [0.05, 0.1) is 22.9 Å². The van der Waals surface area contributed by atoms with Gasteiger partial charge in [0, 0.05) is 25.3 Å². The minimum Gasteiger partial charge on any atom is -0.463 e.